The molecule has 9 heterocycles. The molecule has 4 saturated heterocycles. The third-order valence-electron chi connectivity index (χ3n) is 24.3. The van der Waals surface area contributed by atoms with Crippen molar-refractivity contribution in [2.75, 3.05) is 140 Å². The Labute approximate surface area is 716 Å². The molecule has 7 N–H and O–H groups in total. The molecule has 0 radical (unpaired) electrons. The monoisotopic (exact) mass is 1690 g/mol. The molecule has 5 fully saturated rings. The predicted molar refractivity (Wildman–Crippen MR) is 462 cm³/mol. The van der Waals surface area contributed by atoms with Crippen LogP contribution in [0.5, 0.6) is 17.5 Å². The van der Waals surface area contributed by atoms with Crippen LogP contribution in [0, 0.1) is 18.3 Å². The van der Waals surface area contributed by atoms with Gasteiger partial charge in [0.2, 0.25) is 35.4 Å². The summed E-state index contributed by atoms with van der Waals surface area (Å²) in [5.41, 5.74) is 7.08. The number of ether oxygens (including phenoxy) is 3. The van der Waals surface area contributed by atoms with Crippen molar-refractivity contribution in [1.29, 1.82) is 0 Å². The van der Waals surface area contributed by atoms with E-state index in [1.54, 1.807) is 66.1 Å². The van der Waals surface area contributed by atoms with Crippen molar-refractivity contribution in [2.45, 2.75) is 167 Å². The van der Waals surface area contributed by atoms with Gasteiger partial charge in [-0.15, -0.1) is 21.5 Å². The number of nitrogens with zero attached hydrogens (tertiary/aromatic N) is 13. The molecule has 3 aromatic carbocycles. The molecule has 13 rings (SSSR count). The fraction of sp³-hybridized carbons (Fsp3) is 0.517. The number of phenolic OH excluding ortho intramolecular Hbond substituents is 1. The number of carbonyl (C=O) groups excluding carboxylic acids is 8. The zero-order valence-electron chi connectivity index (χ0n) is 71.1. The van der Waals surface area contributed by atoms with Gasteiger partial charge < -0.3 is 74.7 Å². The molecule has 652 valence electrons. The topological polar surface area (TPSA) is 368 Å². The van der Waals surface area contributed by atoms with Crippen LogP contribution in [0.1, 0.15) is 139 Å². The number of fused-ring (bicyclic) bond motifs is 2. The number of likely N-dealkylation sites (N-methyl/N-ethyl adjacent to an activating group) is 1. The number of aliphatic hydroxyl groups is 1. The Hall–Kier alpha value is -11.0. The first-order valence-electron chi connectivity index (χ1n) is 42.8. The van der Waals surface area contributed by atoms with Gasteiger partial charge in [-0.05, 0) is 177 Å². The van der Waals surface area contributed by atoms with Gasteiger partial charge >= 0.3 is 6.09 Å². The third kappa shape index (κ3) is 22.3. The second kappa shape index (κ2) is 41.3. The number of phenols is 1. The van der Waals surface area contributed by atoms with Gasteiger partial charge in [-0.2, -0.15) is 0 Å². The maximum atomic E-state index is 14.4. The summed E-state index contributed by atoms with van der Waals surface area (Å²) in [6, 6.07) is 27.5. The standard InChI is InChI=1S/C89H116N18O14S/c1-57(2)80(85(114)106-54-68(108)48-73(106)84(113)93-59(4)62-22-24-63(25-23-62)81-60(5)92-56-122-81)75-50-77(99-121-75)119-45-43-102-40-41-103(58(3)51-102)44-46-118-76-47-65(32-36-90-76)107-66-28-29-67(107)53-104(52-66)72-49-71(69-17-10-11-19-74(69)109)97-98-82(72)96-88(117)120-55-61-20-26-64(27-21-61)94-83(112)70(18-12-15-37-100(6)7)95-87(116)89(33-16-34-89)86(115)91-35-13-9-14-38-101(8)39-42-105-78(110)30-31-79(105)111/h10-11,17,19-27,30-32,36,47,49-50,56-59,66-68,70,73,80,108-109H,9,12-16,18,28-29,33-35,37-46,48,51-55H2,1-8H3,(H,91,115)(H,93,113)(H,94,112)(H,95,116)(H,96,98,117)/t58-,59+,66?,67?,68-,70+,73+,80-/m1/s1. The molecule has 5 aliphatic heterocycles. The van der Waals surface area contributed by atoms with Crippen molar-refractivity contribution < 1.29 is 67.3 Å². The zero-order chi connectivity index (χ0) is 86.1. The van der Waals surface area contributed by atoms with E-state index in [1.165, 1.54) is 22.0 Å². The van der Waals surface area contributed by atoms with E-state index in [9.17, 15) is 48.6 Å². The number of amides is 8. The lowest BCUT2D eigenvalue weighted by molar-refractivity contribution is -0.151. The molecule has 0 spiro atoms. The van der Waals surface area contributed by atoms with Crippen LogP contribution in [0.2, 0.25) is 0 Å². The third-order valence-corrected chi connectivity index (χ3v) is 25.3. The Kier molecular flexibility index (Phi) is 30.0. The molecular formula is C89H116N18O14S. The van der Waals surface area contributed by atoms with E-state index in [1.807, 2.05) is 103 Å². The molecule has 1 aliphatic carbocycles. The van der Waals surface area contributed by atoms with E-state index < -0.39 is 47.4 Å². The van der Waals surface area contributed by atoms with Gasteiger partial charge in [0, 0.05) is 144 Å². The summed E-state index contributed by atoms with van der Waals surface area (Å²) < 4.78 is 24.1. The molecule has 33 heteroatoms. The highest BCUT2D eigenvalue weighted by molar-refractivity contribution is 7.13. The second-order valence-corrected chi connectivity index (χ2v) is 34.5. The maximum Gasteiger partial charge on any atom is 0.413 e. The summed E-state index contributed by atoms with van der Waals surface area (Å²) in [6.45, 7) is 18.4. The van der Waals surface area contributed by atoms with Gasteiger partial charge in [-0.25, -0.2) is 14.8 Å². The summed E-state index contributed by atoms with van der Waals surface area (Å²) in [7, 11) is 5.89. The number of aromatic nitrogens is 5. The molecule has 122 heavy (non-hydrogen) atoms. The van der Waals surface area contributed by atoms with Gasteiger partial charge in [0.15, 0.2) is 11.6 Å². The molecule has 2 bridgehead atoms. The number of aliphatic hydroxyl groups excluding tert-OH is 1. The summed E-state index contributed by atoms with van der Waals surface area (Å²) in [4.78, 5) is 134. The largest absolute Gasteiger partial charge is 0.507 e. The first-order valence-corrected chi connectivity index (χ1v) is 43.7. The van der Waals surface area contributed by atoms with Crippen molar-refractivity contribution in [3.63, 3.8) is 0 Å². The average molecular weight is 1690 g/mol. The predicted octanol–water partition coefficient (Wildman–Crippen LogP) is 8.78. The summed E-state index contributed by atoms with van der Waals surface area (Å²) >= 11 is 1.58. The summed E-state index contributed by atoms with van der Waals surface area (Å²) in [6.07, 6.45) is 10.3. The van der Waals surface area contributed by atoms with E-state index in [0.717, 1.165) is 92.2 Å². The van der Waals surface area contributed by atoms with E-state index in [4.69, 9.17) is 18.7 Å². The molecule has 7 aromatic rings. The van der Waals surface area contributed by atoms with Crippen LogP contribution >= 0.6 is 11.3 Å². The van der Waals surface area contributed by atoms with Crippen molar-refractivity contribution in [3.8, 4) is 39.2 Å². The second-order valence-electron chi connectivity index (χ2n) is 33.6. The van der Waals surface area contributed by atoms with Gasteiger partial charge in [0.05, 0.1) is 39.6 Å². The highest BCUT2D eigenvalue weighted by Crippen LogP contribution is 2.44. The Morgan fingerprint density at radius 1 is 0.754 bits per heavy atom. The summed E-state index contributed by atoms with van der Waals surface area (Å²) in [5, 5.41) is 49.9. The zero-order valence-corrected chi connectivity index (χ0v) is 71.9. The number of imide groups is 1. The molecule has 2 unspecified atom stereocenters. The number of unbranched alkanes of at least 4 members (excludes halogenated alkanes) is 3. The van der Waals surface area contributed by atoms with Crippen molar-refractivity contribution in [3.05, 3.63) is 144 Å². The van der Waals surface area contributed by atoms with E-state index in [2.05, 4.69) is 88.2 Å². The van der Waals surface area contributed by atoms with E-state index in [0.29, 0.717) is 137 Å². The van der Waals surface area contributed by atoms with Crippen LogP contribution in [-0.2, 0) is 44.9 Å². The molecule has 8 amide bonds. The minimum Gasteiger partial charge on any atom is -0.507 e. The molecular weight excluding hydrogens is 1580 g/mol. The Balaban J connectivity index is 0.551. The maximum absolute atomic E-state index is 14.4. The Morgan fingerprint density at radius 2 is 1.49 bits per heavy atom. The number of para-hydroxylation sites is 1. The number of thiazole rings is 1. The number of β-amino-alcohol motifs (C(OH)–C–C–N with tert-alkyl or cyclic N) is 1. The van der Waals surface area contributed by atoms with Crippen LogP contribution < -0.4 is 45.9 Å². The van der Waals surface area contributed by atoms with Crippen LogP contribution in [0.3, 0.4) is 0 Å². The molecule has 32 nitrogen and oxygen atoms in total. The number of hydrogen-bond acceptors (Lipinski definition) is 26. The van der Waals surface area contributed by atoms with Crippen molar-refractivity contribution >= 4 is 81.7 Å². The average Bonchev–Trinajstić information content (AvgIpc) is 1.78. The number of nitrogens with one attached hydrogen (secondary N) is 5. The molecule has 6 aliphatic rings. The SMILES string of the molecule is Cc1ncsc1-c1ccc([C@H](C)NC(=O)[C@@H]2C[C@@H](O)CN2C(=O)[C@@H](c2cc(OCCN3CCN(CCOc4cc(N5C6CCC5CN(c5cc(-c7ccccc7O)nnc5NC(=O)OCc5ccc(NC(=O)[C@H](CCCCN(C)C)NC(=O)C7(C(=O)NCCCCCN(C)CCN8C(=O)C=CC8=O)CCC7)cc5)C6)ccn4)[C@H](C)C3)no2)C(C)C)cc1. The number of carbonyl (C=O) groups is 8. The lowest BCUT2D eigenvalue weighted by Gasteiger charge is -2.43. The van der Waals surface area contributed by atoms with Crippen LogP contribution in [0.25, 0.3) is 21.7 Å². The minimum atomic E-state index is -1.27. The molecule has 8 atom stereocenters. The lowest BCUT2D eigenvalue weighted by Crippen LogP contribution is -2.58. The minimum absolute atomic E-state index is 0.0225. The number of aromatic hydroxyl groups is 1. The highest BCUT2D eigenvalue weighted by atomic mass is 32.1. The van der Waals surface area contributed by atoms with Crippen molar-refractivity contribution in [1.82, 2.24) is 70.7 Å². The number of aryl methyl sites for hydroxylation is 1. The molecule has 4 aromatic heterocycles. The smallest absolute Gasteiger partial charge is 0.413 e. The number of piperazine rings is 2. The number of pyridine rings is 1. The number of benzene rings is 3. The van der Waals surface area contributed by atoms with Crippen LogP contribution in [0.15, 0.2) is 125 Å². The van der Waals surface area contributed by atoms with Crippen molar-refractivity contribution in [2.24, 2.45) is 11.3 Å². The summed E-state index contributed by atoms with van der Waals surface area (Å²) in [5.74, 6) is -2.12. The Morgan fingerprint density at radius 3 is 2.20 bits per heavy atom. The number of hydrogen-bond donors (Lipinski definition) is 7. The quantitative estimate of drug-likeness (QED) is 0.0107. The fourth-order valence-electron chi connectivity index (χ4n) is 17.2. The van der Waals surface area contributed by atoms with E-state index in [-0.39, 0.29) is 96.6 Å². The van der Waals surface area contributed by atoms with Gasteiger partial charge in [0.25, 0.3) is 17.7 Å². The normalized spacial score (nSPS) is 19.7. The van der Waals surface area contributed by atoms with Gasteiger partial charge in [-0.3, -0.25) is 53.6 Å². The number of likely N-dealkylation sites (tertiary alicyclic amines) is 1. The van der Waals surface area contributed by atoms with Crippen LogP contribution in [-0.4, -0.2) is 268 Å². The van der Waals surface area contributed by atoms with Gasteiger partial charge in [0.1, 0.15) is 49.0 Å². The fourth-order valence-corrected chi connectivity index (χ4v) is 18.0. The van der Waals surface area contributed by atoms with Gasteiger partial charge in [-0.1, -0.05) is 75.2 Å². The number of anilines is 4. The van der Waals surface area contributed by atoms with Crippen LogP contribution in [0.4, 0.5) is 27.7 Å². The Bertz CT molecular complexity index is 4780. The van der Waals surface area contributed by atoms with E-state index >= 15 is 0 Å². The number of rotatable bonds is 40. The first-order chi connectivity index (χ1) is 58.8. The molecule has 1 saturated carbocycles. The lowest BCUT2D eigenvalue weighted by atomic mass is 9.67. The highest BCUT2D eigenvalue weighted by Gasteiger charge is 2.52. The first kappa shape index (κ1) is 88.8.